The van der Waals surface area contributed by atoms with Crippen molar-refractivity contribution in [2.75, 3.05) is 62.0 Å². The molecule has 0 radical (unpaired) electrons. The summed E-state index contributed by atoms with van der Waals surface area (Å²) < 4.78 is 5.79. The molecule has 0 bridgehead atoms. The van der Waals surface area contributed by atoms with Crippen LogP contribution in [0.15, 0.2) is 0 Å². The van der Waals surface area contributed by atoms with Crippen molar-refractivity contribution in [3.8, 4) is 0 Å². The molecule has 3 unspecified atom stereocenters. The molecule has 0 aliphatic carbocycles. The molecule has 3 atom stereocenters. The van der Waals surface area contributed by atoms with Crippen molar-refractivity contribution in [2.45, 2.75) is 24.7 Å². The summed E-state index contributed by atoms with van der Waals surface area (Å²) in [6.45, 7) is 1.21. The van der Waals surface area contributed by atoms with Gasteiger partial charge in [-0.3, -0.25) is 0 Å². The SMILES string of the molecule is C[N+](C)(C)CC(CC(=O)[O-])OC(=O)C(O)C(O)C(=O)[O-].C[N+](C)(C)CCO. The number of carboxylic acids is 2. The summed E-state index contributed by atoms with van der Waals surface area (Å²) in [4.78, 5) is 32.3. The maximum absolute atomic E-state index is 11.4. The van der Waals surface area contributed by atoms with Crippen molar-refractivity contribution >= 4 is 17.9 Å². The minimum Gasteiger partial charge on any atom is -0.550 e. The van der Waals surface area contributed by atoms with Crippen molar-refractivity contribution in [3.63, 3.8) is 0 Å². The number of nitrogens with zero attached hydrogens (tertiary/aromatic N) is 2. The number of aliphatic carboxylic acids is 2. The molecule has 0 aromatic carbocycles. The molecule has 0 spiro atoms. The highest BCUT2D eigenvalue weighted by Gasteiger charge is 2.30. The molecular weight excluding hydrogens is 364 g/mol. The van der Waals surface area contributed by atoms with Gasteiger partial charge >= 0.3 is 5.97 Å². The number of carbonyl (C=O) groups excluding carboxylic acids is 3. The maximum atomic E-state index is 11.4. The number of carboxylic acid groups (broad SMARTS) is 2. The lowest BCUT2D eigenvalue weighted by atomic mass is 10.2. The summed E-state index contributed by atoms with van der Waals surface area (Å²) in [5.41, 5.74) is 0. The molecule has 0 fully saturated rings. The van der Waals surface area contributed by atoms with E-state index in [9.17, 15) is 29.7 Å². The average Bonchev–Trinajstić information content (AvgIpc) is 2.42. The highest BCUT2D eigenvalue weighted by Crippen LogP contribution is 2.07. The molecule has 11 heteroatoms. The molecule has 3 N–H and O–H groups in total. The second kappa shape index (κ2) is 11.8. The lowest BCUT2D eigenvalue weighted by Crippen LogP contribution is -2.50. The summed E-state index contributed by atoms with van der Waals surface area (Å²) in [6.07, 6.45) is -6.54. The smallest absolute Gasteiger partial charge is 0.338 e. The lowest BCUT2D eigenvalue weighted by molar-refractivity contribution is -0.873. The largest absolute Gasteiger partial charge is 0.550 e. The third-order valence-electron chi connectivity index (χ3n) is 2.98. The number of esters is 1. The quantitative estimate of drug-likeness (QED) is 0.242. The van der Waals surface area contributed by atoms with Crippen molar-refractivity contribution in [2.24, 2.45) is 0 Å². The van der Waals surface area contributed by atoms with Gasteiger partial charge in [0.05, 0.1) is 54.9 Å². The zero-order valence-electron chi connectivity index (χ0n) is 16.7. The molecule has 0 aliphatic rings. The molecule has 0 heterocycles. The van der Waals surface area contributed by atoms with Crippen LogP contribution in [0.25, 0.3) is 0 Å². The fourth-order valence-electron chi connectivity index (χ4n) is 1.73. The minimum atomic E-state index is -2.45. The Balaban J connectivity index is 0. The fraction of sp³-hybridized carbons (Fsp3) is 0.812. The zero-order chi connectivity index (χ0) is 22.0. The van der Waals surface area contributed by atoms with Gasteiger partial charge in [-0.15, -0.1) is 0 Å². The first kappa shape index (κ1) is 27.4. The number of hydrogen-bond acceptors (Lipinski definition) is 9. The van der Waals surface area contributed by atoms with Gasteiger partial charge in [0.15, 0.2) is 12.2 Å². The molecule has 11 nitrogen and oxygen atoms in total. The Morgan fingerprint density at radius 3 is 1.67 bits per heavy atom. The van der Waals surface area contributed by atoms with Gasteiger partial charge in [0.25, 0.3) is 0 Å². The fourth-order valence-corrected chi connectivity index (χ4v) is 1.73. The predicted molar refractivity (Wildman–Crippen MR) is 89.4 cm³/mol. The van der Waals surface area contributed by atoms with Crippen LogP contribution in [0.5, 0.6) is 0 Å². The van der Waals surface area contributed by atoms with Gasteiger partial charge in [-0.25, -0.2) is 4.79 Å². The Bertz CT molecular complexity index is 483. The summed E-state index contributed by atoms with van der Waals surface area (Å²) >= 11 is 0. The van der Waals surface area contributed by atoms with Gasteiger partial charge in [-0.2, -0.15) is 0 Å². The van der Waals surface area contributed by atoms with E-state index in [0.717, 1.165) is 11.0 Å². The monoisotopic (exact) mass is 396 g/mol. The Hall–Kier alpha value is -1.79. The van der Waals surface area contributed by atoms with Gasteiger partial charge in [-0.1, -0.05) is 0 Å². The number of hydrogen-bond donors (Lipinski definition) is 3. The van der Waals surface area contributed by atoms with Crippen molar-refractivity contribution < 1.29 is 53.6 Å². The Labute approximate surface area is 159 Å². The first-order valence-corrected chi connectivity index (χ1v) is 8.19. The third kappa shape index (κ3) is 16.1. The van der Waals surface area contributed by atoms with Crippen LogP contribution in [0.4, 0.5) is 0 Å². The number of carbonyl (C=O) groups is 3. The van der Waals surface area contributed by atoms with Crippen LogP contribution < -0.4 is 10.2 Å². The second-order valence-electron chi connectivity index (χ2n) is 8.05. The van der Waals surface area contributed by atoms with Crippen LogP contribution in [-0.4, -0.2) is 122 Å². The molecular formula is C16H32N2O9. The van der Waals surface area contributed by atoms with Gasteiger partial charge < -0.3 is 48.8 Å². The summed E-state index contributed by atoms with van der Waals surface area (Å²) in [5, 5.41) is 47.4. The number of likely N-dealkylation sites (N-methyl/N-ethyl adjacent to an activating group) is 2. The van der Waals surface area contributed by atoms with Crippen LogP contribution in [0.3, 0.4) is 0 Å². The molecule has 0 aliphatic heterocycles. The van der Waals surface area contributed by atoms with Crippen LogP contribution >= 0.6 is 0 Å². The first-order valence-electron chi connectivity index (χ1n) is 8.19. The molecule has 0 saturated heterocycles. The summed E-state index contributed by atoms with van der Waals surface area (Å²) in [6, 6.07) is 0. The molecule has 27 heavy (non-hydrogen) atoms. The van der Waals surface area contributed by atoms with Crippen LogP contribution in [0.1, 0.15) is 6.42 Å². The Morgan fingerprint density at radius 2 is 1.41 bits per heavy atom. The minimum absolute atomic E-state index is 0.0911. The van der Waals surface area contributed by atoms with E-state index in [0.29, 0.717) is 0 Å². The average molecular weight is 396 g/mol. The number of aliphatic hydroxyl groups excluding tert-OH is 3. The molecule has 0 aromatic rings. The lowest BCUT2D eigenvalue weighted by Gasteiger charge is -2.30. The van der Waals surface area contributed by atoms with E-state index in [-0.39, 0.29) is 17.6 Å². The van der Waals surface area contributed by atoms with E-state index in [1.54, 1.807) is 21.1 Å². The van der Waals surface area contributed by atoms with Crippen molar-refractivity contribution in [1.82, 2.24) is 0 Å². The van der Waals surface area contributed by atoms with E-state index in [2.05, 4.69) is 21.1 Å². The molecule has 0 aromatic heterocycles. The number of rotatable bonds is 10. The van der Waals surface area contributed by atoms with Gasteiger partial charge in [0.2, 0.25) is 0 Å². The van der Waals surface area contributed by atoms with Crippen LogP contribution in [-0.2, 0) is 19.1 Å². The summed E-state index contributed by atoms with van der Waals surface area (Å²) in [5.74, 6) is -4.95. The number of aliphatic hydroxyl groups is 3. The van der Waals surface area contributed by atoms with E-state index in [4.69, 9.17) is 14.9 Å². The van der Waals surface area contributed by atoms with Gasteiger partial charge in [-0.05, 0) is 0 Å². The maximum Gasteiger partial charge on any atom is 0.338 e. The van der Waals surface area contributed by atoms with Crippen LogP contribution in [0, 0.1) is 0 Å². The Kier molecular flexibility index (Phi) is 12.0. The molecule has 160 valence electrons. The van der Waals surface area contributed by atoms with E-state index >= 15 is 0 Å². The van der Waals surface area contributed by atoms with E-state index < -0.39 is 42.6 Å². The highest BCUT2D eigenvalue weighted by molar-refractivity contribution is 5.83. The molecule has 0 rings (SSSR count). The highest BCUT2D eigenvalue weighted by atomic mass is 16.6. The number of ether oxygens (including phenoxy) is 1. The van der Waals surface area contributed by atoms with E-state index in [1.807, 2.05) is 0 Å². The van der Waals surface area contributed by atoms with Crippen molar-refractivity contribution in [1.29, 1.82) is 0 Å². The van der Waals surface area contributed by atoms with E-state index in [1.165, 1.54) is 0 Å². The standard InChI is InChI=1S/C11H19NO8.C5H14NO/c1-12(2,3)5-6(4-7(13)14)20-11(19)9(16)8(15)10(17)18;1-6(2,3)4-5-7/h6,8-9,15-16H,4-5H2,1-3H3,(H-,13,14,17,18);7H,4-5H2,1-3H3/q;+1/p-1. The number of quaternary nitrogens is 2. The third-order valence-corrected chi connectivity index (χ3v) is 2.98. The normalized spacial score (nSPS) is 15.0. The van der Waals surface area contributed by atoms with Gasteiger partial charge in [0.1, 0.15) is 19.2 Å². The molecule has 0 amide bonds. The second-order valence-corrected chi connectivity index (χ2v) is 8.05. The topological polar surface area (TPSA) is 167 Å². The van der Waals surface area contributed by atoms with Gasteiger partial charge in [0, 0.05) is 12.4 Å². The first-order chi connectivity index (χ1) is 12.0. The van der Waals surface area contributed by atoms with Crippen molar-refractivity contribution in [3.05, 3.63) is 0 Å². The summed E-state index contributed by atoms with van der Waals surface area (Å²) in [7, 11) is 11.3. The Morgan fingerprint density at radius 1 is 0.926 bits per heavy atom. The zero-order valence-corrected chi connectivity index (χ0v) is 16.7. The molecule has 0 saturated carbocycles. The van der Waals surface area contributed by atoms with Crippen LogP contribution in [0.2, 0.25) is 0 Å². The predicted octanol–water partition coefficient (Wildman–Crippen LogP) is -5.10.